The van der Waals surface area contributed by atoms with Crippen LogP contribution in [0.2, 0.25) is 5.02 Å². The summed E-state index contributed by atoms with van der Waals surface area (Å²) in [4.78, 5) is 33.0. The van der Waals surface area contributed by atoms with E-state index in [1.54, 1.807) is 61.5 Å². The Morgan fingerprint density at radius 3 is 2.12 bits per heavy atom. The number of nitrogens with zero attached hydrogens (tertiary/aromatic N) is 2. The molecule has 0 fully saturated rings. The number of aromatic nitrogens is 2. The molecule has 2 amide bonds. The van der Waals surface area contributed by atoms with Gasteiger partial charge in [0, 0.05) is 27.5 Å². The van der Waals surface area contributed by atoms with Crippen LogP contribution in [0.25, 0.3) is 10.9 Å². The van der Waals surface area contributed by atoms with Gasteiger partial charge in [-0.2, -0.15) is 0 Å². The Balaban J connectivity index is 1.49. The number of benzene rings is 3. The van der Waals surface area contributed by atoms with E-state index in [4.69, 9.17) is 16.3 Å². The van der Waals surface area contributed by atoms with Gasteiger partial charge in [-0.1, -0.05) is 23.7 Å². The van der Waals surface area contributed by atoms with E-state index < -0.39 is 5.97 Å². The number of halogens is 1. The Labute approximate surface area is 195 Å². The van der Waals surface area contributed by atoms with Gasteiger partial charge in [-0.25, -0.2) is 19.6 Å². The lowest BCUT2D eigenvalue weighted by atomic mass is 10.2. The number of hydrogen-bond acceptors (Lipinski definition) is 6. The zero-order valence-corrected chi connectivity index (χ0v) is 18.4. The molecule has 0 aliphatic rings. The number of amides is 2. The molecule has 1 heterocycles. The van der Waals surface area contributed by atoms with Gasteiger partial charge in [-0.15, -0.1) is 0 Å². The molecule has 8 nitrogen and oxygen atoms in total. The SMILES string of the molecule is CCOC(=O)c1nc(Nc2ccc(NC(=O)Nc3ccc(Cl)cc3)cc2)c2ccccc2n1. The lowest BCUT2D eigenvalue weighted by molar-refractivity contribution is 0.0512. The first-order valence-corrected chi connectivity index (χ1v) is 10.5. The molecule has 166 valence electrons. The predicted molar refractivity (Wildman–Crippen MR) is 129 cm³/mol. The Morgan fingerprint density at radius 1 is 0.848 bits per heavy atom. The van der Waals surface area contributed by atoms with Crippen molar-refractivity contribution in [3.8, 4) is 0 Å². The van der Waals surface area contributed by atoms with Crippen LogP contribution in [0.3, 0.4) is 0 Å². The standard InChI is InChI=1S/C24H20ClN5O3/c1-2-33-23(31)22-29-20-6-4-3-5-19(20)21(30-22)26-16-11-13-18(14-12-16)28-24(32)27-17-9-7-15(25)8-10-17/h3-14H,2H2,1H3,(H,26,29,30)(H2,27,28,32). The Morgan fingerprint density at radius 2 is 1.45 bits per heavy atom. The zero-order chi connectivity index (χ0) is 23.2. The quantitative estimate of drug-likeness (QED) is 0.311. The topological polar surface area (TPSA) is 105 Å². The molecule has 1 aromatic heterocycles. The molecule has 0 atom stereocenters. The summed E-state index contributed by atoms with van der Waals surface area (Å²) in [5.74, 6) is -0.127. The van der Waals surface area contributed by atoms with Crippen LogP contribution in [0.15, 0.2) is 72.8 Å². The highest BCUT2D eigenvalue weighted by molar-refractivity contribution is 6.30. The van der Waals surface area contributed by atoms with Crippen molar-refractivity contribution < 1.29 is 14.3 Å². The van der Waals surface area contributed by atoms with Gasteiger partial charge >= 0.3 is 12.0 Å². The minimum atomic E-state index is -0.586. The monoisotopic (exact) mass is 461 g/mol. The summed E-state index contributed by atoms with van der Waals surface area (Å²) in [6, 6.07) is 20.9. The predicted octanol–water partition coefficient (Wildman–Crippen LogP) is 5.85. The number of carbonyl (C=O) groups is 2. The fraction of sp³-hybridized carbons (Fsp3) is 0.0833. The summed E-state index contributed by atoms with van der Waals surface area (Å²) in [6.45, 7) is 1.96. The second kappa shape index (κ2) is 9.97. The van der Waals surface area contributed by atoms with Crippen LogP contribution in [0.1, 0.15) is 17.5 Å². The first-order chi connectivity index (χ1) is 16.0. The van der Waals surface area contributed by atoms with Gasteiger partial charge in [-0.3, -0.25) is 0 Å². The van der Waals surface area contributed by atoms with E-state index in [0.29, 0.717) is 27.7 Å². The van der Waals surface area contributed by atoms with Crippen LogP contribution in [-0.2, 0) is 4.74 Å². The Bertz CT molecular complexity index is 1290. The average molecular weight is 462 g/mol. The number of rotatable bonds is 6. The number of urea groups is 1. The second-order valence-electron chi connectivity index (χ2n) is 6.92. The fourth-order valence-electron chi connectivity index (χ4n) is 3.06. The van der Waals surface area contributed by atoms with Crippen molar-refractivity contribution in [3.63, 3.8) is 0 Å². The van der Waals surface area contributed by atoms with E-state index in [2.05, 4.69) is 25.9 Å². The van der Waals surface area contributed by atoms with Gasteiger partial charge in [-0.05, 0) is 67.6 Å². The molecule has 0 bridgehead atoms. The number of esters is 1. The number of fused-ring (bicyclic) bond motifs is 1. The molecule has 0 saturated carbocycles. The molecule has 0 aliphatic carbocycles. The lowest BCUT2D eigenvalue weighted by Crippen LogP contribution is -2.19. The summed E-state index contributed by atoms with van der Waals surface area (Å²) in [6.07, 6.45) is 0. The molecule has 3 aromatic carbocycles. The highest BCUT2D eigenvalue weighted by Crippen LogP contribution is 2.25. The van der Waals surface area contributed by atoms with Gasteiger partial charge in [0.25, 0.3) is 0 Å². The summed E-state index contributed by atoms with van der Waals surface area (Å²) in [5, 5.41) is 10.1. The summed E-state index contributed by atoms with van der Waals surface area (Å²) in [5.41, 5.74) is 2.57. The molecule has 0 spiro atoms. The zero-order valence-electron chi connectivity index (χ0n) is 17.6. The second-order valence-corrected chi connectivity index (χ2v) is 7.36. The van der Waals surface area contributed by atoms with Crippen LogP contribution in [0.5, 0.6) is 0 Å². The average Bonchev–Trinajstić information content (AvgIpc) is 2.82. The number of para-hydroxylation sites is 1. The van der Waals surface area contributed by atoms with E-state index in [9.17, 15) is 9.59 Å². The molecular formula is C24H20ClN5O3. The van der Waals surface area contributed by atoms with Crippen molar-refractivity contribution in [1.82, 2.24) is 9.97 Å². The van der Waals surface area contributed by atoms with Crippen molar-refractivity contribution >= 4 is 57.4 Å². The Kier molecular flexibility index (Phi) is 6.66. The maximum absolute atomic E-state index is 12.2. The van der Waals surface area contributed by atoms with Crippen LogP contribution in [0.4, 0.5) is 27.7 Å². The Hall–Kier alpha value is -4.17. The van der Waals surface area contributed by atoms with Crippen LogP contribution < -0.4 is 16.0 Å². The molecule has 4 rings (SSSR count). The van der Waals surface area contributed by atoms with Crippen molar-refractivity contribution in [2.24, 2.45) is 0 Å². The summed E-state index contributed by atoms with van der Waals surface area (Å²) >= 11 is 5.86. The van der Waals surface area contributed by atoms with Crippen molar-refractivity contribution in [2.75, 3.05) is 22.6 Å². The van der Waals surface area contributed by atoms with Gasteiger partial charge in [0.05, 0.1) is 12.1 Å². The first-order valence-electron chi connectivity index (χ1n) is 10.2. The number of hydrogen-bond donors (Lipinski definition) is 3. The molecule has 0 aliphatic heterocycles. The van der Waals surface area contributed by atoms with E-state index in [0.717, 1.165) is 11.1 Å². The van der Waals surface area contributed by atoms with E-state index in [-0.39, 0.29) is 18.5 Å². The smallest absolute Gasteiger partial charge is 0.376 e. The van der Waals surface area contributed by atoms with E-state index >= 15 is 0 Å². The molecule has 33 heavy (non-hydrogen) atoms. The first kappa shape index (κ1) is 22.0. The third kappa shape index (κ3) is 5.55. The van der Waals surface area contributed by atoms with Gasteiger partial charge in [0.2, 0.25) is 5.82 Å². The highest BCUT2D eigenvalue weighted by atomic mass is 35.5. The molecule has 0 unspecified atom stereocenters. The van der Waals surface area contributed by atoms with Crippen molar-refractivity contribution in [1.29, 1.82) is 0 Å². The largest absolute Gasteiger partial charge is 0.460 e. The van der Waals surface area contributed by atoms with Gasteiger partial charge in [0.1, 0.15) is 5.82 Å². The number of ether oxygens (including phenoxy) is 1. The molecule has 0 saturated heterocycles. The lowest BCUT2D eigenvalue weighted by Gasteiger charge is -2.12. The van der Waals surface area contributed by atoms with E-state index in [1.165, 1.54) is 0 Å². The summed E-state index contributed by atoms with van der Waals surface area (Å²) < 4.78 is 5.04. The normalized spacial score (nSPS) is 10.5. The molecule has 0 radical (unpaired) electrons. The minimum absolute atomic E-state index is 0.0183. The van der Waals surface area contributed by atoms with Crippen LogP contribution >= 0.6 is 11.6 Å². The fourth-order valence-corrected chi connectivity index (χ4v) is 3.19. The summed E-state index contributed by atoms with van der Waals surface area (Å²) in [7, 11) is 0. The van der Waals surface area contributed by atoms with Crippen LogP contribution in [-0.4, -0.2) is 28.6 Å². The van der Waals surface area contributed by atoms with E-state index in [1.807, 2.05) is 18.2 Å². The number of anilines is 4. The minimum Gasteiger partial charge on any atom is -0.460 e. The highest BCUT2D eigenvalue weighted by Gasteiger charge is 2.15. The molecular weight excluding hydrogens is 442 g/mol. The van der Waals surface area contributed by atoms with Crippen molar-refractivity contribution in [2.45, 2.75) is 6.92 Å². The van der Waals surface area contributed by atoms with Crippen LogP contribution in [0, 0.1) is 0 Å². The molecule has 3 N–H and O–H groups in total. The van der Waals surface area contributed by atoms with Gasteiger partial charge < -0.3 is 20.7 Å². The molecule has 9 heteroatoms. The number of carbonyl (C=O) groups excluding carboxylic acids is 2. The number of nitrogens with one attached hydrogen (secondary N) is 3. The third-order valence-electron chi connectivity index (χ3n) is 4.57. The third-order valence-corrected chi connectivity index (χ3v) is 4.82. The molecule has 4 aromatic rings. The van der Waals surface area contributed by atoms with Gasteiger partial charge in [0.15, 0.2) is 0 Å². The maximum atomic E-state index is 12.2. The maximum Gasteiger partial charge on any atom is 0.376 e. The van der Waals surface area contributed by atoms with Crippen molar-refractivity contribution in [3.05, 3.63) is 83.6 Å².